The predicted octanol–water partition coefficient (Wildman–Crippen LogP) is 4.08. The fraction of sp³-hybridized carbons (Fsp3) is 0.647. The van der Waals surface area contributed by atoms with E-state index in [1.54, 1.807) is 18.3 Å². The Balaban J connectivity index is 2.17. The molecule has 1 atom stereocenters. The zero-order valence-corrected chi connectivity index (χ0v) is 14.0. The molecule has 1 aliphatic rings. The summed E-state index contributed by atoms with van der Waals surface area (Å²) in [5.41, 5.74) is 0.531. The standard InChI is InChI=1S/C17H24N2OS/c1-12(2)17(3,11-18)19-16(20)15-10-13-8-6-4-5-7-9-14(13)21-15/h10,12H,4-9H2,1-3H3,(H,19,20). The maximum Gasteiger partial charge on any atom is 0.262 e. The van der Waals surface area contributed by atoms with Crippen molar-refractivity contribution in [2.45, 2.75) is 64.8 Å². The first-order valence-electron chi connectivity index (χ1n) is 7.81. The molecule has 1 aromatic rings. The van der Waals surface area contributed by atoms with Gasteiger partial charge in [-0.1, -0.05) is 26.7 Å². The predicted molar refractivity (Wildman–Crippen MR) is 86.5 cm³/mol. The minimum atomic E-state index is -0.810. The van der Waals surface area contributed by atoms with Gasteiger partial charge in [-0.05, 0) is 50.2 Å². The van der Waals surface area contributed by atoms with Crippen LogP contribution in [0.4, 0.5) is 0 Å². The van der Waals surface area contributed by atoms with Crippen molar-refractivity contribution in [3.8, 4) is 6.07 Å². The molecule has 0 bridgehead atoms. The monoisotopic (exact) mass is 304 g/mol. The molecule has 21 heavy (non-hydrogen) atoms. The van der Waals surface area contributed by atoms with E-state index in [0.717, 1.165) is 17.7 Å². The zero-order valence-electron chi connectivity index (χ0n) is 13.2. The molecule has 0 fully saturated rings. The van der Waals surface area contributed by atoms with Crippen molar-refractivity contribution >= 4 is 17.2 Å². The van der Waals surface area contributed by atoms with Crippen molar-refractivity contribution in [1.29, 1.82) is 5.26 Å². The number of hydrogen-bond donors (Lipinski definition) is 1. The van der Waals surface area contributed by atoms with Crippen LogP contribution in [0.2, 0.25) is 0 Å². The molecule has 1 aliphatic carbocycles. The summed E-state index contributed by atoms with van der Waals surface area (Å²) in [6.45, 7) is 5.70. The molecule has 1 unspecified atom stereocenters. The highest BCUT2D eigenvalue weighted by molar-refractivity contribution is 7.14. The van der Waals surface area contributed by atoms with Gasteiger partial charge in [-0.2, -0.15) is 5.26 Å². The Morgan fingerprint density at radius 1 is 1.33 bits per heavy atom. The molecular formula is C17H24N2OS. The number of nitriles is 1. The summed E-state index contributed by atoms with van der Waals surface area (Å²) in [6, 6.07) is 4.27. The van der Waals surface area contributed by atoms with Gasteiger partial charge in [-0.3, -0.25) is 4.79 Å². The minimum absolute atomic E-state index is 0.0763. The van der Waals surface area contributed by atoms with Crippen molar-refractivity contribution in [3.63, 3.8) is 0 Å². The van der Waals surface area contributed by atoms with E-state index in [4.69, 9.17) is 0 Å². The number of hydrogen-bond acceptors (Lipinski definition) is 3. The molecule has 0 aromatic carbocycles. The Morgan fingerprint density at radius 3 is 2.62 bits per heavy atom. The average Bonchev–Trinajstić information content (AvgIpc) is 2.81. The molecule has 2 rings (SSSR count). The van der Waals surface area contributed by atoms with Crippen LogP contribution in [0.5, 0.6) is 0 Å². The van der Waals surface area contributed by atoms with Crippen LogP contribution in [0.25, 0.3) is 0 Å². The van der Waals surface area contributed by atoms with Crippen LogP contribution in [0, 0.1) is 17.2 Å². The molecule has 0 saturated heterocycles. The second-order valence-corrected chi connectivity index (χ2v) is 7.53. The third-order valence-corrected chi connectivity index (χ3v) is 5.72. The van der Waals surface area contributed by atoms with E-state index in [9.17, 15) is 10.1 Å². The average molecular weight is 304 g/mol. The number of fused-ring (bicyclic) bond motifs is 1. The summed E-state index contributed by atoms with van der Waals surface area (Å²) in [4.78, 5) is 14.6. The summed E-state index contributed by atoms with van der Waals surface area (Å²) in [5, 5.41) is 12.2. The number of rotatable bonds is 3. The summed E-state index contributed by atoms with van der Waals surface area (Å²) in [7, 11) is 0. The Morgan fingerprint density at radius 2 is 2.00 bits per heavy atom. The van der Waals surface area contributed by atoms with Gasteiger partial charge >= 0.3 is 0 Å². The normalized spacial score (nSPS) is 18.0. The molecule has 4 heteroatoms. The lowest BCUT2D eigenvalue weighted by Crippen LogP contribution is -2.48. The van der Waals surface area contributed by atoms with Crippen LogP contribution in [-0.4, -0.2) is 11.4 Å². The highest BCUT2D eigenvalue weighted by Crippen LogP contribution is 2.29. The molecular weight excluding hydrogens is 280 g/mol. The van der Waals surface area contributed by atoms with Gasteiger partial charge < -0.3 is 5.32 Å². The lowest BCUT2D eigenvalue weighted by atomic mass is 9.90. The van der Waals surface area contributed by atoms with Gasteiger partial charge in [-0.25, -0.2) is 0 Å². The Kier molecular flexibility index (Phi) is 5.05. The van der Waals surface area contributed by atoms with E-state index in [1.165, 1.54) is 36.1 Å². The Hall–Kier alpha value is -1.34. The highest BCUT2D eigenvalue weighted by Gasteiger charge is 2.31. The molecule has 1 amide bonds. The van der Waals surface area contributed by atoms with Gasteiger partial charge in [0.25, 0.3) is 5.91 Å². The number of carbonyl (C=O) groups is 1. The second-order valence-electron chi connectivity index (χ2n) is 6.40. The van der Waals surface area contributed by atoms with Gasteiger partial charge in [0.15, 0.2) is 0 Å². The first kappa shape index (κ1) is 16.0. The zero-order chi connectivity index (χ0) is 15.5. The topological polar surface area (TPSA) is 52.9 Å². The molecule has 0 spiro atoms. The van der Waals surface area contributed by atoms with Gasteiger partial charge in [0.1, 0.15) is 5.54 Å². The van der Waals surface area contributed by atoms with Crippen LogP contribution in [-0.2, 0) is 12.8 Å². The molecule has 1 aromatic heterocycles. The second kappa shape index (κ2) is 6.62. The van der Waals surface area contributed by atoms with Crippen LogP contribution in [0.15, 0.2) is 6.07 Å². The maximum absolute atomic E-state index is 12.5. The molecule has 1 N–H and O–H groups in total. The fourth-order valence-electron chi connectivity index (χ4n) is 2.55. The van der Waals surface area contributed by atoms with E-state index in [1.807, 2.05) is 19.9 Å². The first-order chi connectivity index (χ1) is 9.96. The number of nitrogens with zero attached hydrogens (tertiary/aromatic N) is 1. The van der Waals surface area contributed by atoms with Crippen molar-refractivity contribution < 1.29 is 4.79 Å². The van der Waals surface area contributed by atoms with Gasteiger partial charge in [0, 0.05) is 4.88 Å². The maximum atomic E-state index is 12.5. The van der Waals surface area contributed by atoms with Crippen LogP contribution >= 0.6 is 11.3 Å². The first-order valence-corrected chi connectivity index (χ1v) is 8.63. The van der Waals surface area contributed by atoms with E-state index in [-0.39, 0.29) is 11.8 Å². The van der Waals surface area contributed by atoms with E-state index in [0.29, 0.717) is 0 Å². The van der Waals surface area contributed by atoms with E-state index >= 15 is 0 Å². The minimum Gasteiger partial charge on any atom is -0.333 e. The number of thiophene rings is 1. The van der Waals surface area contributed by atoms with Crippen molar-refractivity contribution in [2.75, 3.05) is 0 Å². The quantitative estimate of drug-likeness (QED) is 0.915. The number of amides is 1. The van der Waals surface area contributed by atoms with Crippen molar-refractivity contribution in [2.24, 2.45) is 5.92 Å². The number of nitrogens with one attached hydrogen (secondary N) is 1. The van der Waals surface area contributed by atoms with Gasteiger partial charge in [0.2, 0.25) is 0 Å². The largest absolute Gasteiger partial charge is 0.333 e. The summed E-state index contributed by atoms with van der Waals surface area (Å²) in [5.74, 6) is -0.0306. The van der Waals surface area contributed by atoms with Crippen LogP contribution in [0.1, 0.15) is 66.6 Å². The molecule has 0 saturated carbocycles. The lowest BCUT2D eigenvalue weighted by Gasteiger charge is -2.26. The highest BCUT2D eigenvalue weighted by atomic mass is 32.1. The third-order valence-electron chi connectivity index (χ3n) is 4.48. The fourth-order valence-corrected chi connectivity index (χ4v) is 3.70. The Labute approximate surface area is 131 Å². The molecule has 1 heterocycles. The van der Waals surface area contributed by atoms with Crippen LogP contribution in [0.3, 0.4) is 0 Å². The molecule has 0 aliphatic heterocycles. The number of carbonyl (C=O) groups excluding carboxylic acids is 1. The lowest BCUT2D eigenvalue weighted by molar-refractivity contribution is 0.0912. The van der Waals surface area contributed by atoms with Crippen LogP contribution < -0.4 is 5.32 Å². The smallest absolute Gasteiger partial charge is 0.262 e. The molecule has 0 radical (unpaired) electrons. The SMILES string of the molecule is CC(C)C(C)(C#N)NC(=O)c1cc2c(s1)CCCCCC2. The molecule has 3 nitrogen and oxygen atoms in total. The molecule has 114 valence electrons. The van der Waals surface area contributed by atoms with E-state index < -0.39 is 5.54 Å². The summed E-state index contributed by atoms with van der Waals surface area (Å²) >= 11 is 1.61. The Bertz CT molecular complexity index is 530. The van der Waals surface area contributed by atoms with Gasteiger partial charge in [0.05, 0.1) is 10.9 Å². The summed E-state index contributed by atoms with van der Waals surface area (Å²) in [6.07, 6.45) is 7.18. The van der Waals surface area contributed by atoms with E-state index in [2.05, 4.69) is 11.4 Å². The third kappa shape index (κ3) is 3.65. The van der Waals surface area contributed by atoms with Crippen molar-refractivity contribution in [3.05, 3.63) is 21.4 Å². The van der Waals surface area contributed by atoms with Gasteiger partial charge in [-0.15, -0.1) is 11.3 Å². The number of aryl methyl sites for hydroxylation is 2. The summed E-state index contributed by atoms with van der Waals surface area (Å²) < 4.78 is 0. The van der Waals surface area contributed by atoms with Crippen molar-refractivity contribution in [1.82, 2.24) is 5.32 Å².